The molecule has 0 bridgehead atoms. The number of ether oxygens (including phenoxy) is 1. The highest BCUT2D eigenvalue weighted by Crippen LogP contribution is 2.48. The summed E-state index contributed by atoms with van der Waals surface area (Å²) in [6, 6.07) is 8.17. The lowest BCUT2D eigenvalue weighted by Crippen LogP contribution is -2.39. The van der Waals surface area contributed by atoms with Crippen LogP contribution in [0.5, 0.6) is 0 Å². The predicted molar refractivity (Wildman–Crippen MR) is 92.8 cm³/mol. The third-order valence-corrected chi connectivity index (χ3v) is 4.15. The van der Waals surface area contributed by atoms with Crippen LogP contribution in [0.25, 0.3) is 0 Å². The van der Waals surface area contributed by atoms with Crippen LogP contribution in [0.2, 0.25) is 5.02 Å². The molecule has 2 rings (SSSR count). The molecule has 0 amide bonds. The van der Waals surface area contributed by atoms with Gasteiger partial charge in [0.05, 0.1) is 13.2 Å². The number of hydrogen-bond acceptors (Lipinski definition) is 2. The highest BCUT2D eigenvalue weighted by atomic mass is 35.5. The van der Waals surface area contributed by atoms with Gasteiger partial charge in [0.25, 0.3) is 0 Å². The first kappa shape index (κ1) is 17.1. The molecule has 0 atom stereocenters. The Morgan fingerprint density at radius 1 is 1.32 bits per heavy atom. The summed E-state index contributed by atoms with van der Waals surface area (Å²) < 4.78 is 5.34. The van der Waals surface area contributed by atoms with Gasteiger partial charge in [-0.2, -0.15) is 0 Å². The highest BCUT2D eigenvalue weighted by Gasteiger charge is 2.44. The van der Waals surface area contributed by atoms with E-state index in [-0.39, 0.29) is 5.41 Å². The summed E-state index contributed by atoms with van der Waals surface area (Å²) in [4.78, 5) is 4.75. The Morgan fingerprint density at radius 3 is 2.77 bits per heavy atom. The molecule has 0 spiro atoms. The van der Waals surface area contributed by atoms with Crippen molar-refractivity contribution in [2.45, 2.75) is 32.1 Å². The summed E-state index contributed by atoms with van der Waals surface area (Å²) in [5.74, 6) is 0.857. The molecule has 0 aromatic heterocycles. The molecule has 0 radical (unpaired) electrons. The zero-order valence-electron chi connectivity index (χ0n) is 13.5. The number of hydrogen-bond donors (Lipinski definition) is 2. The molecule has 2 N–H and O–H groups in total. The monoisotopic (exact) mass is 323 g/mol. The molecule has 1 aliphatic carbocycles. The summed E-state index contributed by atoms with van der Waals surface area (Å²) in [7, 11) is 0. The predicted octanol–water partition coefficient (Wildman–Crippen LogP) is 2.96. The number of halogens is 1. The minimum absolute atomic E-state index is 0.174. The minimum atomic E-state index is 0.174. The van der Waals surface area contributed by atoms with E-state index in [0.717, 1.165) is 37.2 Å². The normalized spacial score (nSPS) is 16.4. The largest absolute Gasteiger partial charge is 0.380 e. The minimum Gasteiger partial charge on any atom is -0.380 e. The second kappa shape index (κ2) is 8.39. The average Bonchev–Trinajstić information content (AvgIpc) is 3.30. The maximum atomic E-state index is 6.11. The Kier molecular flexibility index (Phi) is 6.52. The van der Waals surface area contributed by atoms with E-state index in [4.69, 9.17) is 21.3 Å². The quantitative estimate of drug-likeness (QED) is 0.439. The van der Waals surface area contributed by atoms with Gasteiger partial charge in [-0.05, 0) is 44.4 Å². The lowest BCUT2D eigenvalue weighted by Gasteiger charge is -2.16. The first-order valence-corrected chi connectivity index (χ1v) is 8.44. The highest BCUT2D eigenvalue weighted by molar-refractivity contribution is 6.30. The second-order valence-corrected chi connectivity index (χ2v) is 6.05. The summed E-state index contributed by atoms with van der Waals surface area (Å²) in [6.45, 7) is 7.92. The topological polar surface area (TPSA) is 45.7 Å². The van der Waals surface area contributed by atoms with E-state index >= 15 is 0 Å². The lowest BCUT2D eigenvalue weighted by atomic mass is 9.96. The van der Waals surface area contributed by atoms with Crippen molar-refractivity contribution in [1.29, 1.82) is 0 Å². The van der Waals surface area contributed by atoms with Gasteiger partial charge in [0.15, 0.2) is 5.96 Å². The summed E-state index contributed by atoms with van der Waals surface area (Å²) in [6.07, 6.45) is 2.35. The van der Waals surface area contributed by atoms with E-state index in [1.807, 2.05) is 19.1 Å². The number of rotatable bonds is 8. The van der Waals surface area contributed by atoms with Crippen molar-refractivity contribution in [3.8, 4) is 0 Å². The van der Waals surface area contributed by atoms with Gasteiger partial charge < -0.3 is 15.4 Å². The molecule has 5 heteroatoms. The molecule has 0 saturated heterocycles. The van der Waals surface area contributed by atoms with Crippen LogP contribution in [0.15, 0.2) is 29.3 Å². The van der Waals surface area contributed by atoms with Crippen molar-refractivity contribution in [2.24, 2.45) is 4.99 Å². The van der Waals surface area contributed by atoms with Gasteiger partial charge in [-0.1, -0.05) is 23.7 Å². The van der Waals surface area contributed by atoms with Crippen LogP contribution in [0.4, 0.5) is 0 Å². The molecule has 1 aliphatic rings. The Morgan fingerprint density at radius 2 is 2.14 bits per heavy atom. The molecule has 1 saturated carbocycles. The van der Waals surface area contributed by atoms with Crippen LogP contribution in [0.1, 0.15) is 32.3 Å². The fourth-order valence-corrected chi connectivity index (χ4v) is 2.66. The van der Waals surface area contributed by atoms with Gasteiger partial charge in [0.2, 0.25) is 0 Å². The molecule has 22 heavy (non-hydrogen) atoms. The van der Waals surface area contributed by atoms with E-state index in [2.05, 4.69) is 29.7 Å². The Balaban J connectivity index is 1.94. The molecule has 4 nitrogen and oxygen atoms in total. The van der Waals surface area contributed by atoms with Crippen LogP contribution < -0.4 is 10.6 Å². The van der Waals surface area contributed by atoms with Crippen molar-refractivity contribution in [1.82, 2.24) is 10.6 Å². The van der Waals surface area contributed by atoms with E-state index in [1.54, 1.807) is 0 Å². The number of nitrogens with zero attached hydrogens (tertiary/aromatic N) is 1. The van der Waals surface area contributed by atoms with Crippen LogP contribution in [-0.4, -0.2) is 38.8 Å². The van der Waals surface area contributed by atoms with Gasteiger partial charge in [0.1, 0.15) is 0 Å². The van der Waals surface area contributed by atoms with Gasteiger partial charge in [0, 0.05) is 30.1 Å². The molecule has 0 heterocycles. The molecular weight excluding hydrogens is 298 g/mol. The van der Waals surface area contributed by atoms with Gasteiger partial charge in [-0.15, -0.1) is 0 Å². The Labute approximate surface area is 138 Å². The molecule has 1 aromatic rings. The van der Waals surface area contributed by atoms with E-state index in [9.17, 15) is 0 Å². The third kappa shape index (κ3) is 4.89. The third-order valence-electron chi connectivity index (χ3n) is 3.92. The van der Waals surface area contributed by atoms with Crippen LogP contribution in [0, 0.1) is 0 Å². The molecule has 1 fully saturated rings. The fraction of sp³-hybridized carbons (Fsp3) is 0.588. The maximum Gasteiger partial charge on any atom is 0.191 e. The van der Waals surface area contributed by atoms with E-state index in [0.29, 0.717) is 6.61 Å². The summed E-state index contributed by atoms with van der Waals surface area (Å²) >= 11 is 6.11. The first-order chi connectivity index (χ1) is 10.7. The summed E-state index contributed by atoms with van der Waals surface area (Å²) in [5, 5.41) is 7.39. The average molecular weight is 324 g/mol. The lowest BCUT2D eigenvalue weighted by molar-refractivity contribution is 0.152. The van der Waals surface area contributed by atoms with Crippen LogP contribution >= 0.6 is 11.6 Å². The fourth-order valence-electron chi connectivity index (χ4n) is 2.47. The maximum absolute atomic E-state index is 6.11. The smallest absolute Gasteiger partial charge is 0.191 e. The van der Waals surface area contributed by atoms with Crippen LogP contribution in [-0.2, 0) is 10.2 Å². The van der Waals surface area contributed by atoms with E-state index in [1.165, 1.54) is 18.4 Å². The zero-order chi connectivity index (χ0) is 15.8. The molecular formula is C17H26ClN3O. The zero-order valence-corrected chi connectivity index (χ0v) is 14.2. The molecule has 1 aromatic carbocycles. The number of benzene rings is 1. The van der Waals surface area contributed by atoms with Gasteiger partial charge in [-0.25, -0.2) is 0 Å². The Hall–Kier alpha value is -1.26. The Bertz CT molecular complexity index is 500. The number of guanidine groups is 1. The number of aliphatic imine (C=N–C) groups is 1. The number of nitrogens with one attached hydrogen (secondary N) is 2. The molecule has 0 aliphatic heterocycles. The van der Waals surface area contributed by atoms with Crippen molar-refractivity contribution in [3.63, 3.8) is 0 Å². The van der Waals surface area contributed by atoms with Gasteiger partial charge >= 0.3 is 0 Å². The summed E-state index contributed by atoms with van der Waals surface area (Å²) in [5.41, 5.74) is 1.47. The SMILES string of the molecule is CCNC(=NCC1(c2cccc(Cl)c2)CC1)NCCOCC. The van der Waals surface area contributed by atoms with Crippen molar-refractivity contribution in [3.05, 3.63) is 34.9 Å². The van der Waals surface area contributed by atoms with Crippen molar-refractivity contribution < 1.29 is 4.74 Å². The molecule has 122 valence electrons. The standard InChI is InChI=1S/C17H26ClN3O/c1-3-19-16(20-10-11-22-4-2)21-13-17(8-9-17)14-6-5-7-15(18)12-14/h5-7,12H,3-4,8-11,13H2,1-2H3,(H2,19,20,21). The second-order valence-electron chi connectivity index (χ2n) is 5.61. The van der Waals surface area contributed by atoms with Crippen molar-refractivity contribution >= 4 is 17.6 Å². The first-order valence-electron chi connectivity index (χ1n) is 8.06. The van der Waals surface area contributed by atoms with Crippen molar-refractivity contribution in [2.75, 3.05) is 32.8 Å². The van der Waals surface area contributed by atoms with Crippen LogP contribution in [0.3, 0.4) is 0 Å². The van der Waals surface area contributed by atoms with E-state index < -0.39 is 0 Å². The molecule has 0 unspecified atom stereocenters. The van der Waals surface area contributed by atoms with Gasteiger partial charge in [-0.3, -0.25) is 4.99 Å².